The Morgan fingerprint density at radius 2 is 2.06 bits per heavy atom. The fourth-order valence-corrected chi connectivity index (χ4v) is 2.16. The van der Waals surface area contributed by atoms with Crippen LogP contribution < -0.4 is 5.32 Å². The predicted octanol–water partition coefficient (Wildman–Crippen LogP) is 2.79. The number of thioether (sulfide) groups is 1. The molecule has 0 fully saturated rings. The number of aromatic hydroxyl groups is 1. The van der Waals surface area contributed by atoms with Crippen LogP contribution >= 0.6 is 11.8 Å². The van der Waals surface area contributed by atoms with Gasteiger partial charge in [-0.25, -0.2) is 0 Å². The highest BCUT2D eigenvalue weighted by atomic mass is 32.2. The van der Waals surface area contributed by atoms with Crippen LogP contribution in [0.2, 0.25) is 0 Å². The van der Waals surface area contributed by atoms with E-state index in [-0.39, 0.29) is 22.9 Å². The molecule has 1 aromatic carbocycles. The fraction of sp³-hybridized carbons (Fsp3) is 0.462. The van der Waals surface area contributed by atoms with Crippen LogP contribution in [0.25, 0.3) is 0 Å². The van der Waals surface area contributed by atoms with E-state index in [0.717, 1.165) is 11.3 Å². The Bertz CT molecular complexity index is 381. The molecule has 3 nitrogen and oxygen atoms in total. The third-order valence-corrected chi connectivity index (χ3v) is 3.71. The second kappa shape index (κ2) is 6.55. The smallest absolute Gasteiger partial charge is 0.233 e. The van der Waals surface area contributed by atoms with E-state index in [4.69, 9.17) is 0 Å². The lowest BCUT2D eigenvalue weighted by Gasteiger charge is -2.16. The predicted molar refractivity (Wildman–Crippen MR) is 71.3 cm³/mol. The summed E-state index contributed by atoms with van der Waals surface area (Å²) in [7, 11) is 0. The van der Waals surface area contributed by atoms with Crippen molar-refractivity contribution in [2.24, 2.45) is 0 Å². The molecule has 4 heteroatoms. The first-order valence-corrected chi connectivity index (χ1v) is 6.67. The number of hydrogen-bond acceptors (Lipinski definition) is 3. The Morgan fingerprint density at radius 1 is 1.41 bits per heavy atom. The molecule has 17 heavy (non-hydrogen) atoms. The van der Waals surface area contributed by atoms with Crippen LogP contribution in [0.5, 0.6) is 5.75 Å². The second-order valence-electron chi connectivity index (χ2n) is 4.05. The van der Waals surface area contributed by atoms with Crippen molar-refractivity contribution in [2.45, 2.75) is 43.4 Å². The maximum absolute atomic E-state index is 11.8. The van der Waals surface area contributed by atoms with Gasteiger partial charge in [-0.05, 0) is 32.4 Å². The topological polar surface area (TPSA) is 49.3 Å². The molecule has 2 unspecified atom stereocenters. The van der Waals surface area contributed by atoms with Crippen LogP contribution in [0.4, 0.5) is 0 Å². The van der Waals surface area contributed by atoms with Gasteiger partial charge in [0.25, 0.3) is 0 Å². The molecule has 1 rings (SSSR count). The van der Waals surface area contributed by atoms with E-state index in [2.05, 4.69) is 5.32 Å². The first-order chi connectivity index (χ1) is 8.04. The molecule has 0 aliphatic heterocycles. The summed E-state index contributed by atoms with van der Waals surface area (Å²) >= 11 is 1.37. The van der Waals surface area contributed by atoms with Crippen molar-refractivity contribution in [3.8, 4) is 5.75 Å². The molecular weight excluding hydrogens is 234 g/mol. The molecule has 0 aliphatic carbocycles. The van der Waals surface area contributed by atoms with Gasteiger partial charge in [0, 0.05) is 10.9 Å². The minimum absolute atomic E-state index is 0.00704. The van der Waals surface area contributed by atoms with E-state index in [1.54, 1.807) is 12.1 Å². The summed E-state index contributed by atoms with van der Waals surface area (Å²) in [4.78, 5) is 12.5. The average Bonchev–Trinajstić information content (AvgIpc) is 2.31. The van der Waals surface area contributed by atoms with Gasteiger partial charge >= 0.3 is 0 Å². The SMILES string of the molecule is CCC(C)NC(=O)C(C)Sc1ccccc1O. The molecule has 0 heterocycles. The molecule has 0 saturated heterocycles. The summed E-state index contributed by atoms with van der Waals surface area (Å²) < 4.78 is 0. The second-order valence-corrected chi connectivity index (χ2v) is 5.43. The van der Waals surface area contributed by atoms with Crippen molar-refractivity contribution in [3.05, 3.63) is 24.3 Å². The molecule has 2 atom stereocenters. The van der Waals surface area contributed by atoms with E-state index in [9.17, 15) is 9.90 Å². The lowest BCUT2D eigenvalue weighted by molar-refractivity contribution is -0.120. The van der Waals surface area contributed by atoms with Gasteiger partial charge in [0.15, 0.2) is 0 Å². The zero-order valence-corrected chi connectivity index (χ0v) is 11.3. The maximum atomic E-state index is 11.8. The zero-order chi connectivity index (χ0) is 12.8. The normalized spacial score (nSPS) is 14.1. The zero-order valence-electron chi connectivity index (χ0n) is 10.4. The number of phenolic OH excluding ortho intramolecular Hbond substituents is 1. The highest BCUT2D eigenvalue weighted by Gasteiger charge is 2.16. The van der Waals surface area contributed by atoms with Gasteiger partial charge < -0.3 is 10.4 Å². The van der Waals surface area contributed by atoms with E-state index < -0.39 is 0 Å². The number of nitrogens with one attached hydrogen (secondary N) is 1. The molecule has 1 amide bonds. The van der Waals surface area contributed by atoms with Crippen molar-refractivity contribution in [1.82, 2.24) is 5.32 Å². The quantitative estimate of drug-likeness (QED) is 0.793. The minimum atomic E-state index is -0.211. The number of rotatable bonds is 5. The van der Waals surface area contributed by atoms with Crippen molar-refractivity contribution >= 4 is 17.7 Å². The monoisotopic (exact) mass is 253 g/mol. The van der Waals surface area contributed by atoms with Crippen molar-refractivity contribution < 1.29 is 9.90 Å². The third-order valence-electron chi connectivity index (χ3n) is 2.54. The van der Waals surface area contributed by atoms with Gasteiger partial charge in [0.2, 0.25) is 5.91 Å². The molecule has 2 N–H and O–H groups in total. The van der Waals surface area contributed by atoms with Gasteiger partial charge in [-0.3, -0.25) is 4.79 Å². The molecule has 0 radical (unpaired) electrons. The molecule has 0 bridgehead atoms. The average molecular weight is 253 g/mol. The number of hydrogen-bond donors (Lipinski definition) is 2. The molecule has 0 aromatic heterocycles. The van der Waals surface area contributed by atoms with E-state index in [0.29, 0.717) is 0 Å². The largest absolute Gasteiger partial charge is 0.507 e. The number of phenols is 1. The van der Waals surface area contributed by atoms with Crippen LogP contribution in [0.3, 0.4) is 0 Å². The van der Waals surface area contributed by atoms with Crippen LogP contribution in [-0.2, 0) is 4.79 Å². The highest BCUT2D eigenvalue weighted by Crippen LogP contribution is 2.30. The summed E-state index contributed by atoms with van der Waals surface area (Å²) in [6, 6.07) is 7.24. The molecule has 0 saturated carbocycles. The number of benzene rings is 1. The number of carbonyl (C=O) groups is 1. The Hall–Kier alpha value is -1.16. The molecule has 94 valence electrons. The third kappa shape index (κ3) is 4.30. The summed E-state index contributed by atoms with van der Waals surface area (Å²) in [5.41, 5.74) is 0. The Balaban J connectivity index is 2.57. The van der Waals surface area contributed by atoms with Gasteiger partial charge in [-0.2, -0.15) is 0 Å². The van der Waals surface area contributed by atoms with Gasteiger partial charge in [-0.1, -0.05) is 19.1 Å². The molecule has 1 aromatic rings. The number of para-hydroxylation sites is 1. The first kappa shape index (κ1) is 13.9. The Morgan fingerprint density at radius 3 is 2.65 bits per heavy atom. The number of amides is 1. The van der Waals surface area contributed by atoms with Crippen LogP contribution in [0, 0.1) is 0 Å². The van der Waals surface area contributed by atoms with Gasteiger partial charge in [-0.15, -0.1) is 11.8 Å². The van der Waals surface area contributed by atoms with Gasteiger partial charge in [0.05, 0.1) is 5.25 Å². The summed E-state index contributed by atoms with van der Waals surface area (Å²) in [6.45, 7) is 5.86. The molecule has 0 spiro atoms. The standard InChI is InChI=1S/C13H19NO2S/c1-4-9(2)14-13(16)10(3)17-12-8-6-5-7-11(12)15/h5-10,15H,4H2,1-3H3,(H,14,16). The van der Waals surface area contributed by atoms with Crippen LogP contribution in [0.15, 0.2) is 29.2 Å². The summed E-state index contributed by atoms with van der Waals surface area (Å²) in [5, 5.41) is 12.3. The van der Waals surface area contributed by atoms with Crippen molar-refractivity contribution in [1.29, 1.82) is 0 Å². The minimum Gasteiger partial charge on any atom is -0.507 e. The highest BCUT2D eigenvalue weighted by molar-refractivity contribution is 8.00. The summed E-state index contributed by atoms with van der Waals surface area (Å²) in [5.74, 6) is 0.230. The maximum Gasteiger partial charge on any atom is 0.233 e. The lowest BCUT2D eigenvalue weighted by Crippen LogP contribution is -2.37. The van der Waals surface area contributed by atoms with Crippen LogP contribution in [0.1, 0.15) is 27.2 Å². The molecule has 0 aliphatic rings. The Labute approximate surface area is 107 Å². The van der Waals surface area contributed by atoms with E-state index >= 15 is 0 Å². The van der Waals surface area contributed by atoms with E-state index in [1.165, 1.54) is 11.8 Å². The first-order valence-electron chi connectivity index (χ1n) is 5.79. The van der Waals surface area contributed by atoms with Crippen LogP contribution in [-0.4, -0.2) is 22.3 Å². The van der Waals surface area contributed by atoms with E-state index in [1.807, 2.05) is 32.9 Å². The number of carbonyl (C=O) groups excluding carboxylic acids is 1. The van der Waals surface area contributed by atoms with Gasteiger partial charge in [0.1, 0.15) is 5.75 Å². The summed E-state index contributed by atoms with van der Waals surface area (Å²) in [6.07, 6.45) is 0.916. The fourth-order valence-electron chi connectivity index (χ4n) is 1.26. The molecular formula is C13H19NO2S. The van der Waals surface area contributed by atoms with Crippen molar-refractivity contribution in [2.75, 3.05) is 0 Å². The van der Waals surface area contributed by atoms with Crippen molar-refractivity contribution in [3.63, 3.8) is 0 Å². The lowest BCUT2D eigenvalue weighted by atomic mass is 10.2. The Kier molecular flexibility index (Phi) is 5.35.